The Morgan fingerprint density at radius 1 is 1.08 bits per heavy atom. The van der Waals surface area contributed by atoms with Gasteiger partial charge in [-0.1, -0.05) is 0 Å². The minimum absolute atomic E-state index is 0.338. The number of nitrogens with zero attached hydrogens (tertiary/aromatic N) is 1. The average molecular weight is 328 g/mol. The number of hydrogen-bond acceptors (Lipinski definition) is 5. The number of carboxylic acid groups (broad SMARTS) is 1. The normalized spacial score (nSPS) is 10.4. The molecule has 7 heteroatoms. The molecule has 0 unspecified atom stereocenters. The van der Waals surface area contributed by atoms with Gasteiger partial charge in [-0.2, -0.15) is 5.10 Å². The number of nitrogens with one attached hydrogen (secondary N) is 1. The summed E-state index contributed by atoms with van der Waals surface area (Å²) in [4.78, 5) is 22.3. The summed E-state index contributed by atoms with van der Waals surface area (Å²) in [7, 11) is 1.55. The van der Waals surface area contributed by atoms with E-state index in [0.29, 0.717) is 17.1 Å². The Morgan fingerprint density at radius 3 is 2.29 bits per heavy atom. The van der Waals surface area contributed by atoms with Crippen LogP contribution in [-0.4, -0.2) is 36.9 Å². The molecule has 1 amide bonds. The number of carbonyl (C=O) groups is 2. The molecule has 2 aromatic carbocycles. The van der Waals surface area contributed by atoms with Gasteiger partial charge in [0, 0.05) is 5.56 Å². The Hall–Kier alpha value is -3.35. The molecular formula is C17H16N2O5. The van der Waals surface area contributed by atoms with Crippen molar-refractivity contribution in [3.05, 3.63) is 59.7 Å². The van der Waals surface area contributed by atoms with Gasteiger partial charge in [-0.25, -0.2) is 10.2 Å². The monoisotopic (exact) mass is 328 g/mol. The topological polar surface area (TPSA) is 97.2 Å². The summed E-state index contributed by atoms with van der Waals surface area (Å²) in [6.45, 7) is -0.397. The van der Waals surface area contributed by atoms with Gasteiger partial charge in [-0.05, 0) is 54.1 Å². The molecule has 0 aliphatic heterocycles. The molecule has 7 nitrogen and oxygen atoms in total. The second-order valence-electron chi connectivity index (χ2n) is 4.68. The second kappa shape index (κ2) is 8.33. The van der Waals surface area contributed by atoms with Crippen molar-refractivity contribution in [2.45, 2.75) is 0 Å². The van der Waals surface area contributed by atoms with Crippen LogP contribution in [0.25, 0.3) is 0 Å². The van der Waals surface area contributed by atoms with Gasteiger partial charge >= 0.3 is 5.97 Å². The zero-order chi connectivity index (χ0) is 17.4. The number of methoxy groups -OCH3 is 1. The molecule has 0 atom stereocenters. The number of hydrazone groups is 1. The summed E-state index contributed by atoms with van der Waals surface area (Å²) < 4.78 is 10.0. The molecule has 0 fully saturated rings. The summed E-state index contributed by atoms with van der Waals surface area (Å²) in [6, 6.07) is 13.3. The van der Waals surface area contributed by atoms with E-state index >= 15 is 0 Å². The first-order valence-corrected chi connectivity index (χ1v) is 7.00. The SMILES string of the molecule is COc1ccc(C(=O)NN=Cc2ccc(OCC(=O)O)cc2)cc1. The number of carbonyl (C=O) groups excluding carboxylic acids is 1. The van der Waals surface area contributed by atoms with Crippen molar-refractivity contribution in [3.8, 4) is 11.5 Å². The van der Waals surface area contributed by atoms with E-state index in [9.17, 15) is 9.59 Å². The van der Waals surface area contributed by atoms with Crippen LogP contribution in [0.1, 0.15) is 15.9 Å². The van der Waals surface area contributed by atoms with Crippen LogP contribution >= 0.6 is 0 Å². The number of rotatable bonds is 7. The van der Waals surface area contributed by atoms with Crippen molar-refractivity contribution >= 4 is 18.1 Å². The van der Waals surface area contributed by atoms with Crippen LogP contribution in [0.5, 0.6) is 11.5 Å². The fourth-order valence-corrected chi connectivity index (χ4v) is 1.77. The highest BCUT2D eigenvalue weighted by Crippen LogP contribution is 2.12. The first kappa shape index (κ1) is 17.0. The van der Waals surface area contributed by atoms with E-state index in [1.54, 1.807) is 55.6 Å². The quantitative estimate of drug-likeness (QED) is 0.598. The zero-order valence-electron chi connectivity index (χ0n) is 12.9. The predicted molar refractivity (Wildman–Crippen MR) is 87.6 cm³/mol. The molecule has 2 N–H and O–H groups in total. The Bertz CT molecular complexity index is 724. The van der Waals surface area contributed by atoms with Crippen molar-refractivity contribution in [1.29, 1.82) is 0 Å². The van der Waals surface area contributed by atoms with Gasteiger partial charge in [0.2, 0.25) is 0 Å². The number of hydrogen-bond donors (Lipinski definition) is 2. The first-order chi connectivity index (χ1) is 11.6. The maximum Gasteiger partial charge on any atom is 0.341 e. The number of aliphatic carboxylic acids is 1. The zero-order valence-corrected chi connectivity index (χ0v) is 12.9. The van der Waals surface area contributed by atoms with E-state index in [-0.39, 0.29) is 5.91 Å². The van der Waals surface area contributed by atoms with Gasteiger partial charge in [-0.3, -0.25) is 4.79 Å². The van der Waals surface area contributed by atoms with Crippen molar-refractivity contribution in [2.75, 3.05) is 13.7 Å². The Balaban J connectivity index is 1.88. The van der Waals surface area contributed by atoms with Crippen LogP contribution in [0, 0.1) is 0 Å². The third-order valence-corrected chi connectivity index (χ3v) is 2.97. The molecule has 0 radical (unpaired) electrons. The van der Waals surface area contributed by atoms with Gasteiger partial charge < -0.3 is 14.6 Å². The minimum atomic E-state index is -1.04. The second-order valence-corrected chi connectivity index (χ2v) is 4.68. The van der Waals surface area contributed by atoms with Crippen LogP contribution < -0.4 is 14.9 Å². The van der Waals surface area contributed by atoms with E-state index in [4.69, 9.17) is 14.6 Å². The van der Waals surface area contributed by atoms with Crippen molar-refractivity contribution in [3.63, 3.8) is 0 Å². The molecule has 0 heterocycles. The van der Waals surface area contributed by atoms with E-state index in [1.165, 1.54) is 6.21 Å². The summed E-state index contributed by atoms with van der Waals surface area (Å²) in [5.74, 6) is -0.269. The largest absolute Gasteiger partial charge is 0.497 e. The molecule has 0 aliphatic rings. The average Bonchev–Trinajstić information content (AvgIpc) is 2.61. The minimum Gasteiger partial charge on any atom is -0.497 e. The van der Waals surface area contributed by atoms with Crippen LogP contribution in [0.15, 0.2) is 53.6 Å². The van der Waals surface area contributed by atoms with E-state index < -0.39 is 12.6 Å². The third kappa shape index (κ3) is 5.13. The number of amides is 1. The molecular weight excluding hydrogens is 312 g/mol. The smallest absolute Gasteiger partial charge is 0.341 e. The lowest BCUT2D eigenvalue weighted by molar-refractivity contribution is -0.139. The highest BCUT2D eigenvalue weighted by atomic mass is 16.5. The van der Waals surface area contributed by atoms with Crippen molar-refractivity contribution < 1.29 is 24.2 Å². The van der Waals surface area contributed by atoms with Crippen LogP contribution in [0.3, 0.4) is 0 Å². The highest BCUT2D eigenvalue weighted by molar-refractivity contribution is 5.95. The Morgan fingerprint density at radius 2 is 1.71 bits per heavy atom. The molecule has 0 bridgehead atoms. The summed E-state index contributed by atoms with van der Waals surface area (Å²) >= 11 is 0. The Kier molecular flexibility index (Phi) is 5.90. The van der Waals surface area contributed by atoms with E-state index in [1.807, 2.05) is 0 Å². The van der Waals surface area contributed by atoms with Crippen LogP contribution in [0.2, 0.25) is 0 Å². The standard InChI is InChI=1S/C17H16N2O5/c1-23-14-8-4-13(5-9-14)17(22)19-18-10-12-2-6-15(7-3-12)24-11-16(20)21/h2-10H,11H2,1H3,(H,19,22)(H,20,21). The fourth-order valence-electron chi connectivity index (χ4n) is 1.77. The molecule has 0 aliphatic carbocycles. The maximum atomic E-state index is 11.9. The lowest BCUT2D eigenvalue weighted by Gasteiger charge is -2.03. The molecule has 2 rings (SSSR count). The summed E-state index contributed by atoms with van der Waals surface area (Å²) in [5.41, 5.74) is 3.61. The molecule has 124 valence electrons. The summed E-state index contributed by atoms with van der Waals surface area (Å²) in [5, 5.41) is 12.4. The number of benzene rings is 2. The number of ether oxygens (including phenoxy) is 2. The van der Waals surface area contributed by atoms with Crippen molar-refractivity contribution in [2.24, 2.45) is 5.10 Å². The molecule has 2 aromatic rings. The van der Waals surface area contributed by atoms with Gasteiger partial charge in [0.15, 0.2) is 6.61 Å². The van der Waals surface area contributed by atoms with Crippen LogP contribution in [0.4, 0.5) is 0 Å². The molecule has 24 heavy (non-hydrogen) atoms. The first-order valence-electron chi connectivity index (χ1n) is 7.00. The van der Waals surface area contributed by atoms with Gasteiger partial charge in [0.05, 0.1) is 13.3 Å². The molecule has 0 saturated heterocycles. The van der Waals surface area contributed by atoms with Gasteiger partial charge in [0.25, 0.3) is 5.91 Å². The molecule has 0 saturated carbocycles. The number of carboxylic acids is 1. The lowest BCUT2D eigenvalue weighted by atomic mass is 10.2. The van der Waals surface area contributed by atoms with E-state index in [0.717, 1.165) is 5.56 Å². The van der Waals surface area contributed by atoms with E-state index in [2.05, 4.69) is 10.5 Å². The molecule has 0 aromatic heterocycles. The third-order valence-electron chi connectivity index (χ3n) is 2.97. The highest BCUT2D eigenvalue weighted by Gasteiger charge is 2.04. The Labute approximate surface area is 138 Å². The van der Waals surface area contributed by atoms with Crippen LogP contribution in [-0.2, 0) is 4.79 Å². The van der Waals surface area contributed by atoms with Gasteiger partial charge in [-0.15, -0.1) is 0 Å². The predicted octanol–water partition coefficient (Wildman–Crippen LogP) is 1.92. The maximum absolute atomic E-state index is 11.9. The molecule has 0 spiro atoms. The lowest BCUT2D eigenvalue weighted by Crippen LogP contribution is -2.17. The summed E-state index contributed by atoms with van der Waals surface area (Å²) in [6.07, 6.45) is 1.47. The fraction of sp³-hybridized carbons (Fsp3) is 0.118. The van der Waals surface area contributed by atoms with Crippen molar-refractivity contribution in [1.82, 2.24) is 5.43 Å². The van der Waals surface area contributed by atoms with Gasteiger partial charge in [0.1, 0.15) is 11.5 Å².